The highest BCUT2D eigenvalue weighted by molar-refractivity contribution is 8.13. The first-order chi connectivity index (χ1) is 12.2. The Hall–Kier alpha value is -1.55. The summed E-state index contributed by atoms with van der Waals surface area (Å²) in [6.07, 6.45) is 1.09. The summed E-state index contributed by atoms with van der Waals surface area (Å²) >= 11 is 2.06. The fourth-order valence-electron chi connectivity index (χ4n) is 3.36. The molecule has 2 amide bonds. The number of carbonyl (C=O) groups excluding carboxylic acids is 4. The lowest BCUT2D eigenvalue weighted by molar-refractivity contribution is -0.169. The summed E-state index contributed by atoms with van der Waals surface area (Å²) in [5, 5.41) is 11.5. The van der Waals surface area contributed by atoms with E-state index < -0.39 is 29.2 Å². The highest BCUT2D eigenvalue weighted by atomic mass is 32.2. The topological polar surface area (TPSA) is 112 Å². The molecule has 1 N–H and O–H groups in total. The molecule has 1 unspecified atom stereocenters. The number of rotatable bonds is 7. The Morgan fingerprint density at radius 2 is 1.62 bits per heavy atom. The molecule has 0 aromatic carbocycles. The summed E-state index contributed by atoms with van der Waals surface area (Å²) in [4.78, 5) is 60.2. The zero-order valence-electron chi connectivity index (χ0n) is 14.7. The van der Waals surface area contributed by atoms with Crippen molar-refractivity contribution < 1.29 is 29.1 Å². The zero-order valence-corrected chi connectivity index (χ0v) is 16.4. The van der Waals surface area contributed by atoms with Gasteiger partial charge in [-0.05, 0) is 25.7 Å². The van der Waals surface area contributed by atoms with Gasteiger partial charge < -0.3 is 5.11 Å². The number of hydrazine groups is 1. The number of amides is 2. The minimum Gasteiger partial charge on any atom is -0.480 e. The van der Waals surface area contributed by atoms with Gasteiger partial charge in [-0.3, -0.25) is 19.2 Å². The average molecular weight is 402 g/mol. The summed E-state index contributed by atoms with van der Waals surface area (Å²) in [6.45, 7) is 3.12. The van der Waals surface area contributed by atoms with Gasteiger partial charge in [0.05, 0.1) is 0 Å². The number of thioether (sulfide) groups is 2. The molecule has 0 saturated carbocycles. The molecule has 0 radical (unpaired) electrons. The van der Waals surface area contributed by atoms with Crippen LogP contribution in [0, 0.1) is 5.41 Å². The van der Waals surface area contributed by atoms with Crippen LogP contribution in [0.3, 0.4) is 0 Å². The van der Waals surface area contributed by atoms with Crippen LogP contribution in [0.4, 0.5) is 0 Å². The highest BCUT2D eigenvalue weighted by Crippen LogP contribution is 2.43. The minimum absolute atomic E-state index is 0.113. The van der Waals surface area contributed by atoms with Crippen LogP contribution in [0.25, 0.3) is 0 Å². The molecule has 2 rings (SSSR count). The van der Waals surface area contributed by atoms with E-state index in [-0.39, 0.29) is 34.6 Å². The van der Waals surface area contributed by atoms with E-state index in [0.29, 0.717) is 19.4 Å². The first-order valence-electron chi connectivity index (χ1n) is 8.36. The molecule has 2 aliphatic heterocycles. The number of carbonyl (C=O) groups is 5. The van der Waals surface area contributed by atoms with E-state index in [0.717, 1.165) is 28.5 Å². The molecule has 0 aromatic rings. The Bertz CT molecular complexity index is 618. The number of hydrogen-bond acceptors (Lipinski definition) is 7. The quantitative estimate of drug-likeness (QED) is 0.631. The first-order valence-corrected chi connectivity index (χ1v) is 10.3. The van der Waals surface area contributed by atoms with Gasteiger partial charge in [-0.1, -0.05) is 23.5 Å². The van der Waals surface area contributed by atoms with Gasteiger partial charge in [-0.15, -0.1) is 0 Å². The molecule has 0 aromatic heterocycles. The van der Waals surface area contributed by atoms with E-state index in [1.54, 1.807) is 0 Å². The lowest BCUT2D eigenvalue weighted by atomic mass is 9.81. The van der Waals surface area contributed by atoms with Crippen molar-refractivity contribution in [1.29, 1.82) is 0 Å². The van der Waals surface area contributed by atoms with Gasteiger partial charge >= 0.3 is 5.97 Å². The van der Waals surface area contributed by atoms with Crippen molar-refractivity contribution in [2.75, 3.05) is 18.1 Å². The van der Waals surface area contributed by atoms with Crippen LogP contribution in [0.1, 0.15) is 39.5 Å². The van der Waals surface area contributed by atoms with Crippen molar-refractivity contribution >= 4 is 51.5 Å². The Morgan fingerprint density at radius 3 is 2.08 bits per heavy atom. The van der Waals surface area contributed by atoms with Gasteiger partial charge in [0.2, 0.25) is 0 Å². The van der Waals surface area contributed by atoms with Crippen molar-refractivity contribution in [3.63, 3.8) is 0 Å². The third-order valence-electron chi connectivity index (χ3n) is 4.62. The number of fused-ring (bicyclic) bond motifs is 1. The lowest BCUT2D eigenvalue weighted by Crippen LogP contribution is -2.54. The standard InChI is InChI=1S/C16H22N2O6S2/c1-10(19)25-8-5-16(6-9-26-11(2)20)14(23)17-7-3-4-12(13(21)22)18(17)15(16)24/h12H,3-9H2,1-2H3,(H,21,22). The van der Waals surface area contributed by atoms with Crippen LogP contribution in [0.2, 0.25) is 0 Å². The predicted molar refractivity (Wildman–Crippen MR) is 97.2 cm³/mol. The number of hydrogen-bond donors (Lipinski definition) is 1. The van der Waals surface area contributed by atoms with Crippen LogP contribution in [0.5, 0.6) is 0 Å². The van der Waals surface area contributed by atoms with Crippen molar-refractivity contribution in [2.24, 2.45) is 5.41 Å². The normalized spacial score (nSPS) is 21.7. The molecule has 2 fully saturated rings. The van der Waals surface area contributed by atoms with E-state index in [9.17, 15) is 29.1 Å². The molecule has 2 heterocycles. The van der Waals surface area contributed by atoms with Gasteiger partial charge in [-0.2, -0.15) is 0 Å². The smallest absolute Gasteiger partial charge is 0.328 e. The summed E-state index contributed by atoms with van der Waals surface area (Å²) in [7, 11) is 0. The summed E-state index contributed by atoms with van der Waals surface area (Å²) in [5.41, 5.74) is -1.40. The van der Waals surface area contributed by atoms with Gasteiger partial charge in [0.1, 0.15) is 5.41 Å². The fourth-order valence-corrected chi connectivity index (χ4v) is 4.84. The van der Waals surface area contributed by atoms with E-state index in [2.05, 4.69) is 0 Å². The van der Waals surface area contributed by atoms with Gasteiger partial charge in [0, 0.05) is 31.9 Å². The third-order valence-corrected chi connectivity index (χ3v) is 6.25. The number of aliphatic carboxylic acids is 1. The molecule has 0 aliphatic carbocycles. The molecule has 144 valence electrons. The lowest BCUT2D eigenvalue weighted by Gasteiger charge is -2.36. The molecule has 10 heteroatoms. The van der Waals surface area contributed by atoms with Gasteiger partial charge in [-0.25, -0.2) is 14.8 Å². The summed E-state index contributed by atoms with van der Waals surface area (Å²) < 4.78 is 0. The molecular weight excluding hydrogens is 380 g/mol. The number of carboxylic acid groups (broad SMARTS) is 1. The number of carboxylic acids is 1. The van der Waals surface area contributed by atoms with Crippen molar-refractivity contribution in [1.82, 2.24) is 10.0 Å². The Labute approximate surface area is 160 Å². The van der Waals surface area contributed by atoms with Gasteiger partial charge in [0.15, 0.2) is 16.3 Å². The molecular formula is C16H22N2O6S2. The third kappa shape index (κ3) is 4.06. The maximum Gasteiger partial charge on any atom is 0.328 e. The highest BCUT2D eigenvalue weighted by Gasteiger charge is 2.60. The fraction of sp³-hybridized carbons (Fsp3) is 0.688. The largest absolute Gasteiger partial charge is 0.480 e. The molecule has 0 spiro atoms. The second-order valence-electron chi connectivity index (χ2n) is 6.34. The minimum atomic E-state index is -1.40. The van der Waals surface area contributed by atoms with E-state index in [1.807, 2.05) is 0 Å². The molecule has 8 nitrogen and oxygen atoms in total. The first kappa shape index (κ1) is 20.8. The van der Waals surface area contributed by atoms with Crippen LogP contribution in [0.15, 0.2) is 0 Å². The van der Waals surface area contributed by atoms with Crippen molar-refractivity contribution in [3.8, 4) is 0 Å². The Kier molecular flexibility index (Phi) is 6.73. The number of nitrogens with zero attached hydrogens (tertiary/aromatic N) is 2. The summed E-state index contributed by atoms with van der Waals surface area (Å²) in [6, 6.07) is -1.05. The monoisotopic (exact) mass is 402 g/mol. The van der Waals surface area contributed by atoms with E-state index in [1.165, 1.54) is 18.9 Å². The maximum atomic E-state index is 13.2. The molecule has 2 saturated heterocycles. The van der Waals surface area contributed by atoms with E-state index in [4.69, 9.17) is 0 Å². The van der Waals surface area contributed by atoms with Crippen LogP contribution in [-0.4, -0.2) is 67.2 Å². The van der Waals surface area contributed by atoms with E-state index >= 15 is 0 Å². The van der Waals surface area contributed by atoms with Crippen LogP contribution < -0.4 is 0 Å². The molecule has 26 heavy (non-hydrogen) atoms. The summed E-state index contributed by atoms with van der Waals surface area (Å²) in [5.74, 6) is -1.50. The van der Waals surface area contributed by atoms with Crippen molar-refractivity contribution in [3.05, 3.63) is 0 Å². The second kappa shape index (κ2) is 8.43. The molecule has 2 aliphatic rings. The average Bonchev–Trinajstić information content (AvgIpc) is 2.77. The second-order valence-corrected chi connectivity index (χ2v) is 8.88. The van der Waals surface area contributed by atoms with Crippen LogP contribution >= 0.6 is 23.5 Å². The maximum absolute atomic E-state index is 13.2. The molecule has 0 bridgehead atoms. The SMILES string of the molecule is CC(=O)SCCC1(CCSC(C)=O)C(=O)N2CCCC(C(=O)O)N2C1=O. The van der Waals surface area contributed by atoms with Gasteiger partial charge in [0.25, 0.3) is 11.8 Å². The predicted octanol–water partition coefficient (Wildman–Crippen LogP) is 1.15. The molecule has 1 atom stereocenters. The Balaban J connectivity index is 2.30. The zero-order chi connectivity index (χ0) is 19.5. The van der Waals surface area contributed by atoms with Crippen LogP contribution in [-0.2, 0) is 24.0 Å². The Morgan fingerprint density at radius 1 is 1.08 bits per heavy atom. The van der Waals surface area contributed by atoms with Crippen molar-refractivity contribution in [2.45, 2.75) is 45.6 Å².